The topological polar surface area (TPSA) is 44.8 Å². The summed E-state index contributed by atoms with van der Waals surface area (Å²) in [5, 5.41) is 0. The maximum absolute atomic E-state index is 15.2. The van der Waals surface area contributed by atoms with Crippen molar-refractivity contribution in [2.24, 2.45) is 0 Å². The van der Waals surface area contributed by atoms with Crippen molar-refractivity contribution in [3.8, 4) is 22.6 Å². The van der Waals surface area contributed by atoms with Gasteiger partial charge in [0.25, 0.3) is 0 Å². The van der Waals surface area contributed by atoms with Crippen LogP contribution in [0.2, 0.25) is 0 Å². The van der Waals surface area contributed by atoms with E-state index < -0.39 is 23.4 Å². The minimum atomic E-state index is -0.870. The maximum atomic E-state index is 15.2. The molecule has 218 valence electrons. The van der Waals surface area contributed by atoms with E-state index in [-0.39, 0.29) is 28.9 Å². The Balaban J connectivity index is 1.32. The minimum absolute atomic E-state index is 0.0832. The van der Waals surface area contributed by atoms with E-state index >= 15 is 8.78 Å². The van der Waals surface area contributed by atoms with E-state index in [0.29, 0.717) is 55.8 Å². The second-order valence-electron chi connectivity index (χ2n) is 10.4. The SMILES string of the molecule is C=CCCCOc1ccc(C(=O)OC2CCC(c3ccc(-c4ccc(OCCCC)cc4)c(F)c3F)CC2)cc1F. The number of hydrogen-bond acceptors (Lipinski definition) is 4. The van der Waals surface area contributed by atoms with Gasteiger partial charge in [0.15, 0.2) is 23.2 Å². The molecular weight excluding hydrogens is 529 g/mol. The first-order chi connectivity index (χ1) is 19.9. The minimum Gasteiger partial charge on any atom is -0.494 e. The van der Waals surface area contributed by atoms with E-state index in [4.69, 9.17) is 14.2 Å². The normalized spacial score (nSPS) is 16.7. The van der Waals surface area contributed by atoms with E-state index in [1.807, 2.05) is 0 Å². The lowest BCUT2D eigenvalue weighted by molar-refractivity contribution is 0.0193. The summed E-state index contributed by atoms with van der Waals surface area (Å²) in [6.07, 6.45) is 6.97. The van der Waals surface area contributed by atoms with Gasteiger partial charge in [-0.05, 0) is 92.3 Å². The quantitative estimate of drug-likeness (QED) is 0.118. The van der Waals surface area contributed by atoms with Crippen molar-refractivity contribution in [3.05, 3.63) is 95.8 Å². The number of carbonyl (C=O) groups excluding carboxylic acids is 1. The highest BCUT2D eigenvalue weighted by Gasteiger charge is 2.29. The molecule has 3 aromatic rings. The van der Waals surface area contributed by atoms with Crippen molar-refractivity contribution in [2.75, 3.05) is 13.2 Å². The van der Waals surface area contributed by atoms with Crippen molar-refractivity contribution < 1.29 is 32.2 Å². The van der Waals surface area contributed by atoms with Crippen molar-refractivity contribution in [3.63, 3.8) is 0 Å². The van der Waals surface area contributed by atoms with Gasteiger partial charge < -0.3 is 14.2 Å². The first-order valence-electron chi connectivity index (χ1n) is 14.4. The number of halogens is 3. The third-order valence-electron chi connectivity index (χ3n) is 7.41. The Labute approximate surface area is 240 Å². The summed E-state index contributed by atoms with van der Waals surface area (Å²) >= 11 is 0. The standard InChI is InChI=1S/C34H37F3O4/c1-3-5-7-21-40-31-19-12-25(22-30(31)35)34(38)41-27-15-10-24(11-16-27)29-18-17-28(32(36)33(29)37)23-8-13-26(14-9-23)39-20-6-4-2/h3,8-9,12-14,17-19,22,24,27H,1,4-7,10-11,15-16,20-21H2,2H3. The summed E-state index contributed by atoms with van der Waals surface area (Å²) in [6.45, 7) is 6.69. The molecule has 41 heavy (non-hydrogen) atoms. The highest BCUT2D eigenvalue weighted by Crippen LogP contribution is 2.38. The van der Waals surface area contributed by atoms with Gasteiger partial charge >= 0.3 is 5.97 Å². The summed E-state index contributed by atoms with van der Waals surface area (Å²) < 4.78 is 61.4. The van der Waals surface area contributed by atoms with Gasteiger partial charge in [0.1, 0.15) is 11.9 Å². The van der Waals surface area contributed by atoms with Crippen molar-refractivity contribution in [1.29, 1.82) is 0 Å². The van der Waals surface area contributed by atoms with Crippen LogP contribution in [0.4, 0.5) is 13.2 Å². The molecule has 0 saturated heterocycles. The Morgan fingerprint density at radius 1 is 0.902 bits per heavy atom. The molecule has 1 saturated carbocycles. The molecule has 0 spiro atoms. The number of unbranched alkanes of at least 4 members (excludes halogenated alkanes) is 2. The largest absolute Gasteiger partial charge is 0.494 e. The van der Waals surface area contributed by atoms with Crippen LogP contribution in [0.15, 0.2) is 67.3 Å². The zero-order valence-corrected chi connectivity index (χ0v) is 23.5. The van der Waals surface area contributed by atoms with E-state index in [0.717, 1.165) is 31.7 Å². The predicted octanol–water partition coefficient (Wildman–Crippen LogP) is 9.18. The fraction of sp³-hybridized carbons (Fsp3) is 0.382. The Kier molecular flexibility index (Phi) is 10.9. The van der Waals surface area contributed by atoms with Gasteiger partial charge in [-0.15, -0.1) is 6.58 Å². The molecule has 0 N–H and O–H groups in total. The summed E-state index contributed by atoms with van der Waals surface area (Å²) in [5.41, 5.74) is 1.22. The lowest BCUT2D eigenvalue weighted by atomic mass is 9.82. The average Bonchev–Trinajstić information content (AvgIpc) is 2.98. The zero-order chi connectivity index (χ0) is 29.2. The van der Waals surface area contributed by atoms with E-state index in [2.05, 4.69) is 13.5 Å². The number of hydrogen-bond donors (Lipinski definition) is 0. The van der Waals surface area contributed by atoms with Gasteiger partial charge in [-0.2, -0.15) is 0 Å². The van der Waals surface area contributed by atoms with Crippen LogP contribution < -0.4 is 9.47 Å². The van der Waals surface area contributed by atoms with Crippen LogP contribution >= 0.6 is 0 Å². The lowest BCUT2D eigenvalue weighted by Gasteiger charge is -2.29. The number of ether oxygens (including phenoxy) is 3. The Morgan fingerprint density at radius 3 is 2.32 bits per heavy atom. The van der Waals surface area contributed by atoms with Gasteiger partial charge in [0, 0.05) is 5.56 Å². The molecular formula is C34H37F3O4. The van der Waals surface area contributed by atoms with Crippen molar-refractivity contribution in [2.45, 2.75) is 70.3 Å². The van der Waals surface area contributed by atoms with E-state index in [1.165, 1.54) is 12.1 Å². The van der Waals surface area contributed by atoms with E-state index in [9.17, 15) is 9.18 Å². The van der Waals surface area contributed by atoms with Crippen LogP contribution in [0.25, 0.3) is 11.1 Å². The molecule has 1 aliphatic carbocycles. The van der Waals surface area contributed by atoms with Crippen LogP contribution in [-0.4, -0.2) is 25.3 Å². The second-order valence-corrected chi connectivity index (χ2v) is 10.4. The van der Waals surface area contributed by atoms with Crippen LogP contribution in [0.5, 0.6) is 11.5 Å². The summed E-state index contributed by atoms with van der Waals surface area (Å²) in [6, 6.07) is 14.3. The number of esters is 1. The Morgan fingerprint density at radius 2 is 1.63 bits per heavy atom. The molecule has 4 nitrogen and oxygen atoms in total. The highest BCUT2D eigenvalue weighted by atomic mass is 19.2. The van der Waals surface area contributed by atoms with Crippen molar-refractivity contribution >= 4 is 5.97 Å². The summed E-state index contributed by atoms with van der Waals surface area (Å²) in [7, 11) is 0. The highest BCUT2D eigenvalue weighted by molar-refractivity contribution is 5.89. The fourth-order valence-corrected chi connectivity index (χ4v) is 5.03. The first-order valence-corrected chi connectivity index (χ1v) is 14.4. The molecule has 3 aromatic carbocycles. The van der Waals surface area contributed by atoms with Crippen LogP contribution in [0, 0.1) is 17.5 Å². The molecule has 4 rings (SSSR count). The molecule has 7 heteroatoms. The Bertz CT molecular complexity index is 1310. The predicted molar refractivity (Wildman–Crippen MR) is 154 cm³/mol. The Hall–Kier alpha value is -3.74. The number of rotatable bonds is 13. The third-order valence-corrected chi connectivity index (χ3v) is 7.41. The van der Waals surface area contributed by atoms with Gasteiger partial charge in [-0.1, -0.05) is 43.7 Å². The van der Waals surface area contributed by atoms with Crippen LogP contribution in [0.3, 0.4) is 0 Å². The lowest BCUT2D eigenvalue weighted by Crippen LogP contribution is -2.24. The molecule has 1 aliphatic rings. The fourth-order valence-electron chi connectivity index (χ4n) is 5.03. The molecule has 0 heterocycles. The monoisotopic (exact) mass is 566 g/mol. The maximum Gasteiger partial charge on any atom is 0.338 e. The molecule has 0 radical (unpaired) electrons. The van der Waals surface area contributed by atoms with E-state index in [1.54, 1.807) is 42.5 Å². The molecule has 0 aromatic heterocycles. The van der Waals surface area contributed by atoms with Gasteiger partial charge in [0.2, 0.25) is 0 Å². The molecule has 0 amide bonds. The number of benzene rings is 3. The molecule has 0 atom stereocenters. The summed E-state index contributed by atoms with van der Waals surface area (Å²) in [4.78, 5) is 12.6. The van der Waals surface area contributed by atoms with Gasteiger partial charge in [-0.3, -0.25) is 0 Å². The molecule has 0 unspecified atom stereocenters. The van der Waals surface area contributed by atoms with Crippen molar-refractivity contribution in [1.82, 2.24) is 0 Å². The molecule has 1 fully saturated rings. The van der Waals surface area contributed by atoms with Crippen LogP contribution in [-0.2, 0) is 4.74 Å². The van der Waals surface area contributed by atoms with Gasteiger partial charge in [0.05, 0.1) is 18.8 Å². The zero-order valence-electron chi connectivity index (χ0n) is 23.5. The first kappa shape index (κ1) is 30.2. The van der Waals surface area contributed by atoms with Gasteiger partial charge in [-0.25, -0.2) is 18.0 Å². The smallest absolute Gasteiger partial charge is 0.338 e. The summed E-state index contributed by atoms with van der Waals surface area (Å²) in [5.74, 6) is -2.35. The molecule has 0 bridgehead atoms. The second kappa shape index (κ2) is 14.8. The average molecular weight is 567 g/mol. The molecule has 0 aliphatic heterocycles. The van der Waals surface area contributed by atoms with Crippen LogP contribution in [0.1, 0.15) is 80.1 Å². The third kappa shape index (κ3) is 7.93. The number of carbonyl (C=O) groups is 1. The number of allylic oxidation sites excluding steroid dienone is 1.